The summed E-state index contributed by atoms with van der Waals surface area (Å²) in [6.45, 7) is 1.69. The van der Waals surface area contributed by atoms with E-state index in [0.29, 0.717) is 21.2 Å². The van der Waals surface area contributed by atoms with Gasteiger partial charge >= 0.3 is 5.97 Å². The van der Waals surface area contributed by atoms with Gasteiger partial charge in [-0.2, -0.15) is 8.42 Å². The van der Waals surface area contributed by atoms with E-state index < -0.39 is 16.0 Å². The molecule has 2 aromatic carbocycles. The van der Waals surface area contributed by atoms with Crippen molar-refractivity contribution in [1.82, 2.24) is 4.98 Å². The van der Waals surface area contributed by atoms with Crippen molar-refractivity contribution in [2.24, 2.45) is 4.40 Å². The summed E-state index contributed by atoms with van der Waals surface area (Å²) in [6.07, 6.45) is 0.913. The molecule has 148 valence electrons. The quantitative estimate of drug-likeness (QED) is 0.535. The summed E-state index contributed by atoms with van der Waals surface area (Å²) in [4.78, 5) is 16.0. The first-order valence-electron chi connectivity index (χ1n) is 8.11. The highest BCUT2D eigenvalue weighted by atomic mass is 35.5. The maximum atomic E-state index is 12.9. The van der Waals surface area contributed by atoms with E-state index in [2.05, 4.69) is 14.7 Å². The summed E-state index contributed by atoms with van der Waals surface area (Å²) in [5, 5.41) is 12.6. The van der Waals surface area contributed by atoms with Crippen LogP contribution in [-0.4, -0.2) is 30.3 Å². The highest BCUT2D eigenvalue weighted by Gasteiger charge is 2.28. The van der Waals surface area contributed by atoms with Crippen LogP contribution in [-0.2, 0) is 14.8 Å². The lowest BCUT2D eigenvalue weighted by Crippen LogP contribution is -2.15. The van der Waals surface area contributed by atoms with Gasteiger partial charge in [0.1, 0.15) is 4.90 Å². The number of fused-ring (bicyclic) bond motifs is 2. The molecular weight excluding hydrogens is 454 g/mol. The van der Waals surface area contributed by atoms with Crippen LogP contribution in [0, 0.1) is 6.92 Å². The first kappa shape index (κ1) is 19.9. The Balaban J connectivity index is 1.85. The number of carboxylic acid groups (broad SMARTS) is 1. The Morgan fingerprint density at radius 3 is 2.83 bits per heavy atom. The van der Waals surface area contributed by atoms with Crippen LogP contribution in [0.25, 0.3) is 10.2 Å². The minimum Gasteiger partial charge on any atom is -0.478 e. The van der Waals surface area contributed by atoms with E-state index in [1.807, 2.05) is 6.07 Å². The molecule has 2 N–H and O–H groups in total. The Morgan fingerprint density at radius 1 is 1.28 bits per heavy atom. The number of aliphatic carboxylic acids is 1. The zero-order valence-corrected chi connectivity index (χ0v) is 17.9. The van der Waals surface area contributed by atoms with E-state index >= 15 is 0 Å². The van der Waals surface area contributed by atoms with E-state index in [0.717, 1.165) is 28.1 Å². The summed E-state index contributed by atoms with van der Waals surface area (Å²) < 4.78 is 30.6. The molecule has 29 heavy (non-hydrogen) atoms. The number of carboxylic acids is 1. The maximum absolute atomic E-state index is 12.9. The van der Waals surface area contributed by atoms with Crippen molar-refractivity contribution in [1.29, 1.82) is 0 Å². The van der Waals surface area contributed by atoms with Crippen LogP contribution in [0.15, 0.2) is 61.0 Å². The smallest absolute Gasteiger partial charge is 0.329 e. The lowest BCUT2D eigenvalue weighted by Gasteiger charge is -2.10. The third-order valence-corrected chi connectivity index (χ3v) is 7.77. The van der Waals surface area contributed by atoms with Crippen LogP contribution in [0.1, 0.15) is 5.56 Å². The molecule has 1 aliphatic rings. The van der Waals surface area contributed by atoms with Gasteiger partial charge in [0.25, 0.3) is 10.0 Å². The molecule has 0 radical (unpaired) electrons. The first-order valence-corrected chi connectivity index (χ1v) is 11.6. The summed E-state index contributed by atoms with van der Waals surface area (Å²) >= 11 is 8.60. The van der Waals surface area contributed by atoms with Gasteiger partial charge in [-0.25, -0.2) is 9.78 Å². The molecule has 1 aromatic heterocycles. The number of nitrogens with zero attached hydrogens (tertiary/aromatic N) is 2. The molecule has 1 aliphatic heterocycles. The average Bonchev–Trinajstić information content (AvgIpc) is 3.07. The monoisotopic (exact) mass is 465 g/mol. The second-order valence-corrected chi connectivity index (χ2v) is 10.0. The topological polar surface area (TPSA) is 109 Å². The van der Waals surface area contributed by atoms with Gasteiger partial charge < -0.3 is 10.4 Å². The molecular formula is C18H12ClN3O4S3. The minimum absolute atomic E-state index is 0.0209. The molecule has 11 heteroatoms. The number of thioether (sulfide) groups is 1. The molecule has 2 heterocycles. The number of aryl methyl sites for hydroxylation is 1. The molecule has 7 nitrogen and oxygen atoms in total. The Hall–Kier alpha value is -2.40. The van der Waals surface area contributed by atoms with Crippen molar-refractivity contribution in [2.75, 3.05) is 5.32 Å². The zero-order chi connectivity index (χ0) is 20.8. The van der Waals surface area contributed by atoms with Gasteiger partial charge in [-0.05, 0) is 42.8 Å². The molecule has 0 saturated carbocycles. The van der Waals surface area contributed by atoms with Gasteiger partial charge in [0.05, 0.1) is 20.6 Å². The summed E-state index contributed by atoms with van der Waals surface area (Å²) in [7, 11) is -4.09. The third-order valence-electron chi connectivity index (χ3n) is 4.02. The molecule has 0 unspecified atom stereocenters. The van der Waals surface area contributed by atoms with Gasteiger partial charge in [0.2, 0.25) is 0 Å². The van der Waals surface area contributed by atoms with Gasteiger partial charge in [0.15, 0.2) is 5.84 Å². The third kappa shape index (κ3) is 4.01. The number of amidine groups is 1. The second-order valence-electron chi connectivity index (χ2n) is 6.07. The Labute approximate surface area is 179 Å². The van der Waals surface area contributed by atoms with Crippen molar-refractivity contribution < 1.29 is 18.3 Å². The van der Waals surface area contributed by atoms with E-state index in [1.54, 1.807) is 24.6 Å². The molecule has 4 rings (SSSR count). The molecule has 0 spiro atoms. The van der Waals surface area contributed by atoms with Crippen LogP contribution in [0.4, 0.5) is 5.69 Å². The molecule has 0 amide bonds. The Kier molecular flexibility index (Phi) is 5.11. The summed E-state index contributed by atoms with van der Waals surface area (Å²) in [5.74, 6) is -1.31. The predicted molar refractivity (Wildman–Crippen MR) is 116 cm³/mol. The van der Waals surface area contributed by atoms with Crippen molar-refractivity contribution in [3.63, 3.8) is 0 Å². The fourth-order valence-corrected chi connectivity index (χ4v) is 6.10. The van der Waals surface area contributed by atoms with E-state index in [9.17, 15) is 18.3 Å². The standard InChI is InChI=1S/C18H12ClN3O4S3/c1-9-4-16-14(6-11(9)19)28-15(7-17(23)24)18(22-29(16,25)26)21-10-2-3-13-12(5-10)20-8-27-13/h2-8H,1H3,(H,21,22)(H,23,24)/b15-7-. The van der Waals surface area contributed by atoms with Crippen molar-refractivity contribution in [3.05, 3.63) is 57.4 Å². The van der Waals surface area contributed by atoms with Crippen LogP contribution in [0.5, 0.6) is 0 Å². The van der Waals surface area contributed by atoms with Gasteiger partial charge in [0, 0.05) is 21.7 Å². The lowest BCUT2D eigenvalue weighted by atomic mass is 10.2. The second kappa shape index (κ2) is 7.45. The number of benzene rings is 2. The van der Waals surface area contributed by atoms with Crippen molar-refractivity contribution in [2.45, 2.75) is 16.7 Å². The van der Waals surface area contributed by atoms with Gasteiger partial charge in [-0.3, -0.25) is 0 Å². The normalized spacial score (nSPS) is 16.9. The van der Waals surface area contributed by atoms with E-state index in [-0.39, 0.29) is 15.6 Å². The number of hydrogen-bond donors (Lipinski definition) is 2. The lowest BCUT2D eigenvalue weighted by molar-refractivity contribution is -0.131. The predicted octanol–water partition coefficient (Wildman–Crippen LogP) is 4.53. The Bertz CT molecular complexity index is 1330. The van der Waals surface area contributed by atoms with E-state index in [4.69, 9.17) is 11.6 Å². The fourth-order valence-electron chi connectivity index (χ4n) is 2.67. The SMILES string of the molecule is Cc1cc2c(cc1Cl)S/C(=C\C(=O)O)C(Nc1ccc3scnc3c1)=NS2(=O)=O. The zero-order valence-electron chi connectivity index (χ0n) is 14.7. The summed E-state index contributed by atoms with van der Waals surface area (Å²) in [6, 6.07) is 8.27. The number of rotatable bonds is 2. The summed E-state index contributed by atoms with van der Waals surface area (Å²) in [5.41, 5.74) is 3.56. The van der Waals surface area contributed by atoms with Crippen LogP contribution < -0.4 is 5.32 Å². The molecule has 0 fully saturated rings. The molecule has 3 aromatic rings. The fraction of sp³-hybridized carbons (Fsp3) is 0.0556. The number of nitrogens with one attached hydrogen (secondary N) is 1. The number of sulfonamides is 1. The maximum Gasteiger partial charge on any atom is 0.329 e. The first-order chi connectivity index (χ1) is 13.7. The van der Waals surface area contributed by atoms with Gasteiger partial charge in [-0.15, -0.1) is 15.7 Å². The number of thiazole rings is 1. The van der Waals surface area contributed by atoms with Crippen molar-refractivity contribution in [3.8, 4) is 0 Å². The molecule has 0 atom stereocenters. The largest absolute Gasteiger partial charge is 0.478 e. The van der Waals surface area contributed by atoms with Crippen LogP contribution >= 0.6 is 34.7 Å². The van der Waals surface area contributed by atoms with Crippen LogP contribution in [0.3, 0.4) is 0 Å². The Morgan fingerprint density at radius 2 is 2.07 bits per heavy atom. The number of hydrogen-bond acceptors (Lipinski definition) is 7. The van der Waals surface area contributed by atoms with E-state index in [1.165, 1.54) is 23.5 Å². The minimum atomic E-state index is -4.09. The number of halogens is 1. The number of carbonyl (C=O) groups is 1. The average molecular weight is 466 g/mol. The number of anilines is 1. The molecule has 0 bridgehead atoms. The van der Waals surface area contributed by atoms with Gasteiger partial charge in [-0.1, -0.05) is 23.4 Å². The van der Waals surface area contributed by atoms with Crippen molar-refractivity contribution >= 4 is 72.4 Å². The highest BCUT2D eigenvalue weighted by Crippen LogP contribution is 2.40. The number of aromatic nitrogens is 1. The molecule has 0 saturated heterocycles. The molecule has 0 aliphatic carbocycles. The highest BCUT2D eigenvalue weighted by molar-refractivity contribution is 8.05. The van der Waals surface area contributed by atoms with Crippen LogP contribution in [0.2, 0.25) is 5.02 Å².